The number of carbonyl (C=O) groups is 1. The molecule has 3 heteroatoms. The molecule has 3 rings (SSSR count). The van der Waals surface area contributed by atoms with Crippen molar-refractivity contribution in [3.63, 3.8) is 0 Å². The Morgan fingerprint density at radius 3 is 2.42 bits per heavy atom. The van der Waals surface area contributed by atoms with E-state index < -0.39 is 5.41 Å². The second-order valence-corrected chi connectivity index (χ2v) is 8.08. The Labute approximate surface area is 145 Å². The van der Waals surface area contributed by atoms with Crippen LogP contribution in [0.15, 0.2) is 29.8 Å². The molecule has 1 unspecified atom stereocenters. The number of likely N-dealkylation sites (tertiary alicyclic amines) is 1. The highest BCUT2D eigenvalue weighted by molar-refractivity contribution is 5.77. The molecule has 0 bridgehead atoms. The Morgan fingerprint density at radius 1 is 1.12 bits per heavy atom. The van der Waals surface area contributed by atoms with Gasteiger partial charge in [-0.3, -0.25) is 9.69 Å². The number of carbonyl (C=O) groups excluding carboxylic acids is 1. The van der Waals surface area contributed by atoms with Crippen molar-refractivity contribution < 1.29 is 9.53 Å². The van der Waals surface area contributed by atoms with E-state index in [-0.39, 0.29) is 5.97 Å². The van der Waals surface area contributed by atoms with Gasteiger partial charge in [-0.2, -0.15) is 0 Å². The standard InChI is InChI=1S/C21H29NO2/c1-21(2,3)20(23)24-18-11-9-16(10-12-18)15-17-7-4-5-8-19(17)22-13-6-14-22/h9-12,15,19H,4-8,13-14H2,1-3H3/b17-15+. The van der Waals surface area contributed by atoms with Crippen molar-refractivity contribution in [1.82, 2.24) is 4.90 Å². The Balaban J connectivity index is 1.69. The summed E-state index contributed by atoms with van der Waals surface area (Å²) >= 11 is 0. The summed E-state index contributed by atoms with van der Waals surface area (Å²) in [5.74, 6) is 0.429. The quantitative estimate of drug-likeness (QED) is 0.597. The maximum Gasteiger partial charge on any atom is 0.316 e. The Morgan fingerprint density at radius 2 is 1.83 bits per heavy atom. The fraction of sp³-hybridized carbons (Fsp3) is 0.571. The molecule has 1 aromatic rings. The van der Waals surface area contributed by atoms with Crippen molar-refractivity contribution in [1.29, 1.82) is 0 Å². The molecular weight excluding hydrogens is 298 g/mol. The third-order valence-electron chi connectivity index (χ3n) is 5.01. The SMILES string of the molecule is CC(C)(C)C(=O)Oc1ccc(/C=C2\CCCCC2N2CCC2)cc1. The molecule has 0 N–H and O–H groups in total. The summed E-state index contributed by atoms with van der Waals surface area (Å²) < 4.78 is 5.44. The zero-order chi connectivity index (χ0) is 17.2. The van der Waals surface area contributed by atoms with Gasteiger partial charge >= 0.3 is 5.97 Å². The molecule has 0 amide bonds. The molecule has 1 aromatic carbocycles. The van der Waals surface area contributed by atoms with Gasteiger partial charge in [-0.15, -0.1) is 0 Å². The van der Waals surface area contributed by atoms with E-state index in [4.69, 9.17) is 4.74 Å². The number of hydrogen-bond acceptors (Lipinski definition) is 3. The van der Waals surface area contributed by atoms with E-state index in [9.17, 15) is 4.79 Å². The van der Waals surface area contributed by atoms with Crippen molar-refractivity contribution in [2.24, 2.45) is 5.41 Å². The minimum absolute atomic E-state index is 0.196. The molecule has 1 aliphatic heterocycles. The first-order valence-electron chi connectivity index (χ1n) is 9.20. The van der Waals surface area contributed by atoms with Gasteiger partial charge in [-0.25, -0.2) is 0 Å². The summed E-state index contributed by atoms with van der Waals surface area (Å²) in [5.41, 5.74) is 2.29. The highest BCUT2D eigenvalue weighted by atomic mass is 16.5. The molecule has 24 heavy (non-hydrogen) atoms. The molecule has 1 saturated carbocycles. The fourth-order valence-electron chi connectivity index (χ4n) is 3.36. The van der Waals surface area contributed by atoms with E-state index >= 15 is 0 Å². The summed E-state index contributed by atoms with van der Waals surface area (Å²) in [6.45, 7) is 8.11. The number of hydrogen-bond donors (Lipinski definition) is 0. The van der Waals surface area contributed by atoms with Gasteiger partial charge in [0, 0.05) is 6.04 Å². The van der Waals surface area contributed by atoms with Crippen LogP contribution in [0.1, 0.15) is 58.4 Å². The Kier molecular flexibility index (Phi) is 5.09. The molecule has 2 aliphatic rings. The highest BCUT2D eigenvalue weighted by Crippen LogP contribution is 2.32. The number of ether oxygens (including phenoxy) is 1. The van der Waals surface area contributed by atoms with Crippen LogP contribution in [0.5, 0.6) is 5.75 Å². The normalized spacial score (nSPS) is 23.8. The monoisotopic (exact) mass is 327 g/mol. The van der Waals surface area contributed by atoms with E-state index in [1.807, 2.05) is 32.9 Å². The second-order valence-electron chi connectivity index (χ2n) is 8.08. The van der Waals surface area contributed by atoms with Crippen LogP contribution < -0.4 is 4.74 Å². The van der Waals surface area contributed by atoms with Crippen LogP contribution in [-0.2, 0) is 4.79 Å². The first-order chi connectivity index (χ1) is 11.4. The zero-order valence-electron chi connectivity index (χ0n) is 15.2. The molecule has 0 aromatic heterocycles. The van der Waals surface area contributed by atoms with Crippen LogP contribution in [0.2, 0.25) is 0 Å². The molecule has 3 nitrogen and oxygen atoms in total. The second kappa shape index (κ2) is 7.10. The van der Waals surface area contributed by atoms with Gasteiger partial charge in [-0.05, 0) is 77.2 Å². The van der Waals surface area contributed by atoms with Gasteiger partial charge in [0.25, 0.3) is 0 Å². The lowest BCUT2D eigenvalue weighted by Gasteiger charge is -2.42. The largest absolute Gasteiger partial charge is 0.426 e. The minimum Gasteiger partial charge on any atom is -0.426 e. The Bertz CT molecular complexity index is 606. The minimum atomic E-state index is -0.479. The lowest BCUT2D eigenvalue weighted by atomic mass is 9.86. The van der Waals surface area contributed by atoms with E-state index in [1.54, 1.807) is 5.57 Å². The molecule has 1 aliphatic carbocycles. The first kappa shape index (κ1) is 17.2. The van der Waals surface area contributed by atoms with Crippen LogP contribution in [0.4, 0.5) is 0 Å². The molecule has 2 fully saturated rings. The van der Waals surface area contributed by atoms with Gasteiger partial charge in [0.1, 0.15) is 5.75 Å². The van der Waals surface area contributed by atoms with Gasteiger partial charge in [0.05, 0.1) is 5.41 Å². The smallest absolute Gasteiger partial charge is 0.316 e. The van der Waals surface area contributed by atoms with Crippen LogP contribution in [0.3, 0.4) is 0 Å². The topological polar surface area (TPSA) is 29.5 Å². The third-order valence-corrected chi connectivity index (χ3v) is 5.01. The Hall–Kier alpha value is -1.61. The predicted octanol–water partition coefficient (Wildman–Crippen LogP) is 4.67. The summed E-state index contributed by atoms with van der Waals surface area (Å²) in [6.07, 6.45) is 8.85. The maximum absolute atomic E-state index is 12.0. The molecule has 1 heterocycles. The molecule has 1 atom stereocenters. The molecular formula is C21H29NO2. The molecule has 0 spiro atoms. The van der Waals surface area contributed by atoms with E-state index in [2.05, 4.69) is 23.1 Å². The summed E-state index contributed by atoms with van der Waals surface area (Å²) in [6, 6.07) is 8.56. The highest BCUT2D eigenvalue weighted by Gasteiger charge is 2.28. The fourth-order valence-corrected chi connectivity index (χ4v) is 3.36. The van der Waals surface area contributed by atoms with E-state index in [0.717, 1.165) is 0 Å². The van der Waals surface area contributed by atoms with Gasteiger partial charge in [-0.1, -0.05) is 30.2 Å². The third kappa shape index (κ3) is 4.07. The van der Waals surface area contributed by atoms with Crippen LogP contribution in [-0.4, -0.2) is 30.0 Å². The molecule has 130 valence electrons. The van der Waals surface area contributed by atoms with Crippen molar-refractivity contribution in [3.05, 3.63) is 35.4 Å². The van der Waals surface area contributed by atoms with Gasteiger partial charge < -0.3 is 4.74 Å². The average molecular weight is 327 g/mol. The summed E-state index contributed by atoms with van der Waals surface area (Å²) in [7, 11) is 0. The van der Waals surface area contributed by atoms with Crippen LogP contribution in [0, 0.1) is 5.41 Å². The van der Waals surface area contributed by atoms with E-state index in [0.29, 0.717) is 11.8 Å². The van der Waals surface area contributed by atoms with Gasteiger partial charge in [0.2, 0.25) is 0 Å². The predicted molar refractivity (Wildman–Crippen MR) is 98.0 cm³/mol. The lowest BCUT2D eigenvalue weighted by molar-refractivity contribution is -0.142. The van der Waals surface area contributed by atoms with Crippen LogP contribution >= 0.6 is 0 Å². The number of esters is 1. The number of benzene rings is 1. The van der Waals surface area contributed by atoms with Gasteiger partial charge in [0.15, 0.2) is 0 Å². The van der Waals surface area contributed by atoms with Crippen LogP contribution in [0.25, 0.3) is 6.08 Å². The summed E-state index contributed by atoms with van der Waals surface area (Å²) in [4.78, 5) is 14.6. The summed E-state index contributed by atoms with van der Waals surface area (Å²) in [5, 5.41) is 0. The lowest BCUT2D eigenvalue weighted by Crippen LogP contribution is -2.46. The van der Waals surface area contributed by atoms with Crippen molar-refractivity contribution in [2.45, 2.75) is 58.9 Å². The van der Waals surface area contributed by atoms with Crippen molar-refractivity contribution >= 4 is 12.0 Å². The number of rotatable bonds is 3. The van der Waals surface area contributed by atoms with E-state index in [1.165, 1.54) is 50.8 Å². The molecule has 1 saturated heterocycles. The zero-order valence-corrected chi connectivity index (χ0v) is 15.2. The first-order valence-corrected chi connectivity index (χ1v) is 9.20. The average Bonchev–Trinajstić information content (AvgIpc) is 2.48. The van der Waals surface area contributed by atoms with Crippen molar-refractivity contribution in [2.75, 3.05) is 13.1 Å². The number of nitrogens with zero attached hydrogens (tertiary/aromatic N) is 1. The maximum atomic E-state index is 12.0. The molecule has 0 radical (unpaired) electrons. The van der Waals surface area contributed by atoms with Crippen molar-refractivity contribution in [3.8, 4) is 5.75 Å².